The van der Waals surface area contributed by atoms with Crippen LogP contribution in [-0.2, 0) is 17.8 Å². The Morgan fingerprint density at radius 3 is 2.49 bits per heavy atom. The number of pyridine rings is 2. The topological polar surface area (TPSA) is 113 Å². The number of hydrogen-bond acceptors (Lipinski definition) is 9. The van der Waals surface area contributed by atoms with Gasteiger partial charge in [-0.1, -0.05) is 61.8 Å². The predicted molar refractivity (Wildman–Crippen MR) is 193 cm³/mol. The van der Waals surface area contributed by atoms with E-state index in [9.17, 15) is 9.18 Å². The van der Waals surface area contributed by atoms with Gasteiger partial charge in [0.25, 0.3) is 0 Å². The van der Waals surface area contributed by atoms with Gasteiger partial charge >= 0.3 is 0 Å². The van der Waals surface area contributed by atoms with E-state index in [0.29, 0.717) is 17.0 Å². The van der Waals surface area contributed by atoms with Gasteiger partial charge in [-0.05, 0) is 61.7 Å². The minimum Gasteiger partial charge on any atom is -0.328 e. The van der Waals surface area contributed by atoms with Crippen LogP contribution in [-0.4, -0.2) is 52.6 Å². The van der Waals surface area contributed by atoms with E-state index >= 15 is 0 Å². The van der Waals surface area contributed by atoms with Gasteiger partial charge in [0.2, 0.25) is 5.91 Å². The summed E-state index contributed by atoms with van der Waals surface area (Å²) in [6.07, 6.45) is 11.9. The fourth-order valence-electron chi connectivity index (χ4n) is 4.51. The van der Waals surface area contributed by atoms with Crippen LogP contribution >= 0.6 is 11.5 Å². The number of carbonyl (C=O) groups excluding carboxylic acids is 1. The van der Waals surface area contributed by atoms with Gasteiger partial charge in [-0.3, -0.25) is 24.1 Å². The normalized spacial score (nSPS) is 10.3. The molecule has 2 N–H and O–H groups in total. The first-order valence-electron chi connectivity index (χ1n) is 16.6. The standard InChI is InChI=1S/C29H32FN9OS.3C2H6/c1-4-6-9-38(5-2)18-22-12-27(41-37-22)36-28-29-33-16-25(39(29)17-19(3)34-28)21-10-20(13-32-14-21)11-26(40)35-24-7-8-31-15-23(24)30;3*1-2/h7-8,10,12-17H,4-6,9,11,18H2,1-3H3,(H,34,36)(H,31,35,40);3*1-2H3. The summed E-state index contributed by atoms with van der Waals surface area (Å²) in [4.78, 5) is 32.4. The van der Waals surface area contributed by atoms with Gasteiger partial charge in [0, 0.05) is 36.9 Å². The molecule has 0 aliphatic heterocycles. The Bertz CT molecular complexity index is 1650. The number of fused-ring (bicyclic) bond motifs is 1. The molecule has 0 aliphatic rings. The van der Waals surface area contributed by atoms with E-state index in [4.69, 9.17) is 4.98 Å². The molecule has 5 heterocycles. The smallest absolute Gasteiger partial charge is 0.228 e. The fraction of sp³-hybridized carbons (Fsp3) is 0.429. The molecule has 1 amide bonds. The number of aromatic nitrogens is 6. The summed E-state index contributed by atoms with van der Waals surface area (Å²) < 4.78 is 20.5. The maximum atomic E-state index is 13.9. The first-order chi connectivity index (χ1) is 22.9. The van der Waals surface area contributed by atoms with Gasteiger partial charge in [0.05, 0.1) is 41.6 Å². The van der Waals surface area contributed by atoms with Gasteiger partial charge in [0.1, 0.15) is 5.00 Å². The molecule has 12 heteroatoms. The number of carbonyl (C=O) groups is 1. The molecule has 5 aromatic rings. The van der Waals surface area contributed by atoms with Crippen molar-refractivity contribution in [1.82, 2.24) is 33.6 Å². The van der Waals surface area contributed by atoms with Crippen LogP contribution in [0, 0.1) is 12.7 Å². The average molecular weight is 664 g/mol. The lowest BCUT2D eigenvalue weighted by atomic mass is 10.1. The highest BCUT2D eigenvalue weighted by Crippen LogP contribution is 2.28. The number of aryl methyl sites for hydroxylation is 1. The van der Waals surface area contributed by atoms with Crippen molar-refractivity contribution in [2.75, 3.05) is 23.7 Å². The Kier molecular flexibility index (Phi) is 17.2. The van der Waals surface area contributed by atoms with Crippen molar-refractivity contribution < 1.29 is 9.18 Å². The van der Waals surface area contributed by atoms with E-state index in [1.807, 2.05) is 65.1 Å². The van der Waals surface area contributed by atoms with Gasteiger partial charge in [-0.15, -0.1) is 0 Å². The molecule has 0 saturated heterocycles. The lowest BCUT2D eigenvalue weighted by molar-refractivity contribution is -0.115. The van der Waals surface area contributed by atoms with Crippen LogP contribution in [0.3, 0.4) is 0 Å². The zero-order valence-electron chi connectivity index (χ0n) is 29.3. The number of halogens is 1. The highest BCUT2D eigenvalue weighted by atomic mass is 32.1. The van der Waals surface area contributed by atoms with E-state index in [1.165, 1.54) is 36.6 Å². The quantitative estimate of drug-likeness (QED) is 0.136. The van der Waals surface area contributed by atoms with Crippen molar-refractivity contribution in [2.24, 2.45) is 0 Å². The molecule has 0 radical (unpaired) electrons. The second-order valence-corrected chi connectivity index (χ2v) is 10.6. The number of nitrogens with zero attached hydrogens (tertiary/aromatic N) is 7. The van der Waals surface area contributed by atoms with E-state index in [2.05, 4.69) is 54.8 Å². The molecule has 47 heavy (non-hydrogen) atoms. The number of amides is 1. The molecule has 0 atom stereocenters. The van der Waals surface area contributed by atoms with Crippen molar-refractivity contribution in [3.63, 3.8) is 0 Å². The SMILES string of the molecule is CC.CC.CC.CCCCN(CC)Cc1cc(Nc2nc(C)cn3c(-c4cncc(CC(=O)Nc5ccncc5F)c4)cnc23)sn1. The number of imidazole rings is 1. The molecule has 0 bridgehead atoms. The number of rotatable bonds is 12. The summed E-state index contributed by atoms with van der Waals surface area (Å²) >= 11 is 1.41. The number of hydrogen-bond donors (Lipinski definition) is 2. The predicted octanol–water partition coefficient (Wildman–Crippen LogP) is 8.72. The third-order valence-corrected chi connectivity index (χ3v) is 7.32. The highest BCUT2D eigenvalue weighted by molar-refractivity contribution is 7.10. The van der Waals surface area contributed by atoms with E-state index in [0.717, 1.165) is 53.5 Å². The first-order valence-corrected chi connectivity index (χ1v) is 17.3. The molecule has 0 aromatic carbocycles. The Morgan fingerprint density at radius 2 is 1.79 bits per heavy atom. The maximum Gasteiger partial charge on any atom is 0.228 e. The van der Waals surface area contributed by atoms with Crippen LogP contribution in [0.15, 0.2) is 55.4 Å². The fourth-order valence-corrected chi connectivity index (χ4v) is 5.17. The maximum absolute atomic E-state index is 13.9. The van der Waals surface area contributed by atoms with Crippen molar-refractivity contribution in [3.8, 4) is 11.3 Å². The van der Waals surface area contributed by atoms with Gasteiger partial charge in [-0.25, -0.2) is 14.4 Å². The second-order valence-electron chi connectivity index (χ2n) is 9.76. The van der Waals surface area contributed by atoms with E-state index in [-0.39, 0.29) is 18.0 Å². The average Bonchev–Trinajstić information content (AvgIpc) is 3.73. The Hall–Kier alpha value is -4.29. The molecule has 5 aromatic heterocycles. The van der Waals surface area contributed by atoms with Gasteiger partial charge < -0.3 is 10.6 Å². The second kappa shape index (κ2) is 20.8. The number of nitrogens with one attached hydrogen (secondary N) is 2. The summed E-state index contributed by atoms with van der Waals surface area (Å²) in [7, 11) is 0. The van der Waals surface area contributed by atoms with Crippen LogP contribution < -0.4 is 10.6 Å². The van der Waals surface area contributed by atoms with Crippen molar-refractivity contribution in [2.45, 2.75) is 88.1 Å². The minimum absolute atomic E-state index is 0.0361. The highest BCUT2D eigenvalue weighted by Gasteiger charge is 2.16. The summed E-state index contributed by atoms with van der Waals surface area (Å²) in [6.45, 7) is 21.2. The minimum atomic E-state index is -0.587. The number of unbranched alkanes of at least 4 members (excludes halogenated alkanes) is 1. The third kappa shape index (κ3) is 11.2. The summed E-state index contributed by atoms with van der Waals surface area (Å²) in [5, 5.41) is 6.89. The van der Waals surface area contributed by atoms with Crippen molar-refractivity contribution >= 4 is 39.6 Å². The molecular formula is C35H50FN9OS. The van der Waals surface area contributed by atoms with Crippen LogP contribution in [0.4, 0.5) is 20.9 Å². The van der Waals surface area contributed by atoms with E-state index in [1.54, 1.807) is 18.6 Å². The monoisotopic (exact) mass is 663 g/mol. The zero-order valence-corrected chi connectivity index (χ0v) is 30.1. The Morgan fingerprint density at radius 1 is 1.02 bits per heavy atom. The summed E-state index contributed by atoms with van der Waals surface area (Å²) in [5.41, 5.74) is 4.88. The summed E-state index contributed by atoms with van der Waals surface area (Å²) in [5.74, 6) is -0.306. The lowest BCUT2D eigenvalue weighted by Crippen LogP contribution is -2.24. The van der Waals surface area contributed by atoms with Crippen LogP contribution in [0.2, 0.25) is 0 Å². The van der Waals surface area contributed by atoms with Crippen molar-refractivity contribution in [1.29, 1.82) is 0 Å². The largest absolute Gasteiger partial charge is 0.328 e. The third-order valence-electron chi connectivity index (χ3n) is 6.58. The molecule has 0 fully saturated rings. The van der Waals surface area contributed by atoms with Gasteiger partial charge in [0.15, 0.2) is 17.3 Å². The number of anilines is 3. The summed E-state index contributed by atoms with van der Waals surface area (Å²) in [6, 6.07) is 5.37. The molecule has 0 aliphatic carbocycles. The molecule has 10 nitrogen and oxygen atoms in total. The lowest BCUT2D eigenvalue weighted by Gasteiger charge is -2.18. The molecule has 5 rings (SSSR count). The van der Waals surface area contributed by atoms with Crippen molar-refractivity contribution in [3.05, 3.63) is 78.1 Å². The van der Waals surface area contributed by atoms with Gasteiger partial charge in [-0.2, -0.15) is 4.37 Å². The first kappa shape index (κ1) is 38.9. The molecule has 0 spiro atoms. The Labute approximate surface area is 283 Å². The van der Waals surface area contributed by atoms with E-state index < -0.39 is 5.82 Å². The molecule has 0 unspecified atom stereocenters. The molecule has 0 saturated carbocycles. The zero-order chi connectivity index (χ0) is 34.8. The van der Waals surface area contributed by atoms with Crippen LogP contribution in [0.25, 0.3) is 16.9 Å². The Balaban J connectivity index is 0.00000121. The van der Waals surface area contributed by atoms with Crippen LogP contribution in [0.1, 0.15) is 85.2 Å². The molecule has 254 valence electrons. The molecular weight excluding hydrogens is 614 g/mol. The van der Waals surface area contributed by atoms with Crippen LogP contribution in [0.5, 0.6) is 0 Å².